The molecule has 0 saturated heterocycles. The molecule has 0 aliphatic rings. The summed E-state index contributed by atoms with van der Waals surface area (Å²) < 4.78 is 1.43. The molecule has 1 heterocycles. The molecule has 0 unspecified atom stereocenters. The van der Waals surface area contributed by atoms with Crippen molar-refractivity contribution in [2.24, 2.45) is 0 Å². The van der Waals surface area contributed by atoms with Crippen molar-refractivity contribution in [3.63, 3.8) is 0 Å². The number of rotatable bonds is 6. The maximum Gasteiger partial charge on any atom is 0.253 e. The molecule has 0 spiro atoms. The quantitative estimate of drug-likeness (QED) is 0.672. The Morgan fingerprint density at radius 1 is 1.00 bits per heavy atom. The highest BCUT2D eigenvalue weighted by Crippen LogP contribution is 2.15. The van der Waals surface area contributed by atoms with E-state index in [1.54, 1.807) is 43.3 Å². The van der Waals surface area contributed by atoms with Crippen LogP contribution >= 0.6 is 0 Å². The standard InChI is InChI=1S/C22H21N3O3/c1-15-7-9-17(10-8-15)21(27)18-5-3-4-6-19(18)22(28)23-11-12-25-14-24-16(2)13-20(25)26/h3-10,13-14H,11-12H2,1-2H3,(H,23,28). The third kappa shape index (κ3) is 4.40. The number of carbonyl (C=O) groups excluding carboxylic acids is 2. The highest BCUT2D eigenvalue weighted by molar-refractivity contribution is 6.15. The number of nitrogens with one attached hydrogen (secondary N) is 1. The maximum atomic E-state index is 12.8. The Morgan fingerprint density at radius 3 is 2.36 bits per heavy atom. The van der Waals surface area contributed by atoms with Gasteiger partial charge in [0.1, 0.15) is 0 Å². The SMILES string of the molecule is Cc1ccc(C(=O)c2ccccc2C(=O)NCCn2cnc(C)cc2=O)cc1. The summed E-state index contributed by atoms with van der Waals surface area (Å²) in [5, 5.41) is 2.77. The van der Waals surface area contributed by atoms with Gasteiger partial charge in [-0.25, -0.2) is 4.98 Å². The molecule has 1 N–H and O–H groups in total. The summed E-state index contributed by atoms with van der Waals surface area (Å²) in [5.41, 5.74) is 2.72. The van der Waals surface area contributed by atoms with Gasteiger partial charge in [-0.15, -0.1) is 0 Å². The fourth-order valence-electron chi connectivity index (χ4n) is 2.81. The lowest BCUT2D eigenvalue weighted by Crippen LogP contribution is -2.31. The second-order valence-electron chi connectivity index (χ2n) is 6.56. The van der Waals surface area contributed by atoms with Gasteiger partial charge in [-0.3, -0.25) is 19.0 Å². The van der Waals surface area contributed by atoms with E-state index in [-0.39, 0.29) is 23.8 Å². The molecular formula is C22H21N3O3. The minimum Gasteiger partial charge on any atom is -0.350 e. The van der Waals surface area contributed by atoms with Gasteiger partial charge in [0, 0.05) is 36.0 Å². The lowest BCUT2D eigenvalue weighted by Gasteiger charge is -2.11. The van der Waals surface area contributed by atoms with E-state index in [0.29, 0.717) is 28.9 Å². The van der Waals surface area contributed by atoms with Crippen LogP contribution in [0.3, 0.4) is 0 Å². The van der Waals surface area contributed by atoms with Crippen molar-refractivity contribution in [1.29, 1.82) is 0 Å². The fourth-order valence-corrected chi connectivity index (χ4v) is 2.81. The Kier molecular flexibility index (Phi) is 5.79. The zero-order valence-corrected chi connectivity index (χ0v) is 15.8. The normalized spacial score (nSPS) is 10.5. The van der Waals surface area contributed by atoms with E-state index < -0.39 is 0 Å². The molecule has 0 bridgehead atoms. The number of carbonyl (C=O) groups is 2. The third-order valence-electron chi connectivity index (χ3n) is 4.38. The number of amides is 1. The second-order valence-corrected chi connectivity index (χ2v) is 6.56. The average molecular weight is 375 g/mol. The van der Waals surface area contributed by atoms with Crippen molar-refractivity contribution in [3.05, 3.63) is 99.2 Å². The first-order valence-electron chi connectivity index (χ1n) is 8.97. The first kappa shape index (κ1) is 19.2. The smallest absolute Gasteiger partial charge is 0.253 e. The molecule has 0 fully saturated rings. The van der Waals surface area contributed by atoms with Crippen molar-refractivity contribution in [3.8, 4) is 0 Å². The molecule has 0 atom stereocenters. The van der Waals surface area contributed by atoms with Crippen molar-refractivity contribution in [1.82, 2.24) is 14.9 Å². The molecule has 1 amide bonds. The lowest BCUT2D eigenvalue weighted by molar-refractivity contribution is 0.0940. The van der Waals surface area contributed by atoms with Crippen molar-refractivity contribution < 1.29 is 9.59 Å². The number of aromatic nitrogens is 2. The lowest BCUT2D eigenvalue weighted by atomic mass is 9.97. The van der Waals surface area contributed by atoms with Crippen LogP contribution in [-0.4, -0.2) is 27.8 Å². The summed E-state index contributed by atoms with van der Waals surface area (Å²) >= 11 is 0. The molecule has 6 heteroatoms. The molecule has 0 aliphatic heterocycles. The first-order chi connectivity index (χ1) is 13.5. The van der Waals surface area contributed by atoms with E-state index in [2.05, 4.69) is 10.3 Å². The topological polar surface area (TPSA) is 81.1 Å². The molecule has 142 valence electrons. The summed E-state index contributed by atoms with van der Waals surface area (Å²) in [7, 11) is 0. The summed E-state index contributed by atoms with van der Waals surface area (Å²) in [6, 6.07) is 15.4. The molecular weight excluding hydrogens is 354 g/mol. The van der Waals surface area contributed by atoms with E-state index in [9.17, 15) is 14.4 Å². The largest absolute Gasteiger partial charge is 0.350 e. The molecule has 0 saturated carbocycles. The molecule has 2 aromatic carbocycles. The summed E-state index contributed by atoms with van der Waals surface area (Å²) in [4.78, 5) is 41.4. The summed E-state index contributed by atoms with van der Waals surface area (Å²) in [6.07, 6.45) is 1.46. The third-order valence-corrected chi connectivity index (χ3v) is 4.38. The van der Waals surface area contributed by atoms with Crippen LogP contribution in [0, 0.1) is 13.8 Å². The van der Waals surface area contributed by atoms with Crippen molar-refractivity contribution in [2.45, 2.75) is 20.4 Å². The van der Waals surface area contributed by atoms with Gasteiger partial charge in [0.15, 0.2) is 5.78 Å². The fraction of sp³-hybridized carbons (Fsp3) is 0.182. The van der Waals surface area contributed by atoms with Crippen molar-refractivity contribution in [2.75, 3.05) is 6.54 Å². The molecule has 0 aliphatic carbocycles. The van der Waals surface area contributed by atoms with E-state index >= 15 is 0 Å². The van der Waals surface area contributed by atoms with Gasteiger partial charge in [0.05, 0.1) is 11.9 Å². The Hall–Kier alpha value is -3.54. The molecule has 1 aromatic heterocycles. The molecule has 0 radical (unpaired) electrons. The number of benzene rings is 2. The van der Waals surface area contributed by atoms with Gasteiger partial charge in [-0.05, 0) is 19.9 Å². The monoisotopic (exact) mass is 375 g/mol. The van der Waals surface area contributed by atoms with E-state index in [4.69, 9.17) is 0 Å². The number of aryl methyl sites for hydroxylation is 2. The minimum atomic E-state index is -0.357. The van der Waals surface area contributed by atoms with Gasteiger partial charge < -0.3 is 5.32 Å². The molecule has 3 aromatic rings. The van der Waals surface area contributed by atoms with Gasteiger partial charge in [0.25, 0.3) is 11.5 Å². The van der Waals surface area contributed by atoms with Crippen molar-refractivity contribution >= 4 is 11.7 Å². The minimum absolute atomic E-state index is 0.170. The van der Waals surface area contributed by atoms with Gasteiger partial charge >= 0.3 is 0 Å². The average Bonchev–Trinajstić information content (AvgIpc) is 2.69. The number of hydrogen-bond donors (Lipinski definition) is 1. The second kappa shape index (κ2) is 8.43. The van der Waals surface area contributed by atoms with Gasteiger partial charge in [0.2, 0.25) is 0 Å². The highest BCUT2D eigenvalue weighted by Gasteiger charge is 2.17. The van der Waals surface area contributed by atoms with Gasteiger partial charge in [-0.1, -0.05) is 48.0 Å². The van der Waals surface area contributed by atoms with Crippen LogP contribution in [0.5, 0.6) is 0 Å². The van der Waals surface area contributed by atoms with Gasteiger partial charge in [-0.2, -0.15) is 0 Å². The number of ketones is 1. The Labute approximate surface area is 162 Å². The van der Waals surface area contributed by atoms with Crippen LogP contribution in [0.25, 0.3) is 0 Å². The van der Waals surface area contributed by atoms with E-state index in [1.165, 1.54) is 17.0 Å². The van der Waals surface area contributed by atoms with Crippen LogP contribution in [0.4, 0.5) is 0 Å². The number of nitrogens with zero attached hydrogens (tertiary/aromatic N) is 2. The Balaban J connectivity index is 1.73. The van der Waals surface area contributed by atoms with Crippen LogP contribution in [0.15, 0.2) is 65.7 Å². The summed E-state index contributed by atoms with van der Waals surface area (Å²) in [5.74, 6) is -0.561. The Bertz CT molecular complexity index is 1070. The molecule has 28 heavy (non-hydrogen) atoms. The van der Waals surface area contributed by atoms with Crippen LogP contribution in [-0.2, 0) is 6.54 Å². The maximum absolute atomic E-state index is 12.8. The zero-order chi connectivity index (χ0) is 20.1. The predicted molar refractivity (Wildman–Crippen MR) is 107 cm³/mol. The number of hydrogen-bond acceptors (Lipinski definition) is 4. The summed E-state index contributed by atoms with van der Waals surface area (Å²) in [6.45, 7) is 4.24. The predicted octanol–water partition coefficient (Wildman–Crippen LogP) is 2.52. The highest BCUT2D eigenvalue weighted by atomic mass is 16.2. The Morgan fingerprint density at radius 2 is 1.68 bits per heavy atom. The molecule has 3 rings (SSSR count). The van der Waals surface area contributed by atoms with E-state index in [1.807, 2.05) is 19.1 Å². The molecule has 6 nitrogen and oxygen atoms in total. The van der Waals surface area contributed by atoms with Crippen LogP contribution in [0.2, 0.25) is 0 Å². The zero-order valence-electron chi connectivity index (χ0n) is 15.8. The van der Waals surface area contributed by atoms with Crippen LogP contribution in [0.1, 0.15) is 37.5 Å². The first-order valence-corrected chi connectivity index (χ1v) is 8.97. The van der Waals surface area contributed by atoms with E-state index in [0.717, 1.165) is 5.56 Å². The van der Waals surface area contributed by atoms with Crippen LogP contribution < -0.4 is 10.9 Å².